The van der Waals surface area contributed by atoms with Crippen LogP contribution in [-0.4, -0.2) is 31.5 Å². The van der Waals surface area contributed by atoms with Crippen LogP contribution in [0, 0.1) is 5.82 Å². The summed E-state index contributed by atoms with van der Waals surface area (Å²) in [6, 6.07) is 7.85. The SMILES string of the molecule is O=S(=O)(Nc1cnccn1)c1cc(Cl)c(NCc2ccc(Cl)cc2N2CCCCCC2)cc1F. The number of benzene rings is 2. The Hall–Kier alpha value is -2.62. The highest BCUT2D eigenvalue weighted by atomic mass is 35.5. The maximum absolute atomic E-state index is 14.8. The van der Waals surface area contributed by atoms with Gasteiger partial charge < -0.3 is 10.2 Å². The summed E-state index contributed by atoms with van der Waals surface area (Å²) in [6.07, 6.45) is 8.60. The summed E-state index contributed by atoms with van der Waals surface area (Å²) in [4.78, 5) is 9.38. The van der Waals surface area contributed by atoms with E-state index < -0.39 is 20.7 Å². The lowest BCUT2D eigenvalue weighted by atomic mass is 10.1. The Kier molecular flexibility index (Phi) is 7.75. The number of nitrogens with zero attached hydrogens (tertiary/aromatic N) is 3. The van der Waals surface area contributed by atoms with Crippen LogP contribution in [-0.2, 0) is 16.6 Å². The molecule has 7 nitrogen and oxygen atoms in total. The van der Waals surface area contributed by atoms with E-state index in [1.165, 1.54) is 31.4 Å². The maximum atomic E-state index is 14.8. The Balaban J connectivity index is 1.54. The van der Waals surface area contributed by atoms with Gasteiger partial charge in [0.15, 0.2) is 5.82 Å². The molecule has 2 N–H and O–H groups in total. The van der Waals surface area contributed by atoms with Crippen LogP contribution in [0.3, 0.4) is 0 Å². The van der Waals surface area contributed by atoms with Crippen molar-refractivity contribution in [1.29, 1.82) is 0 Å². The van der Waals surface area contributed by atoms with E-state index in [0.29, 0.717) is 11.6 Å². The second kappa shape index (κ2) is 10.8. The molecule has 0 aliphatic carbocycles. The minimum atomic E-state index is -4.24. The van der Waals surface area contributed by atoms with Crippen LogP contribution in [0.4, 0.5) is 21.6 Å². The first-order chi connectivity index (χ1) is 16.3. The molecule has 1 aromatic heterocycles. The van der Waals surface area contributed by atoms with E-state index in [0.717, 1.165) is 49.3 Å². The molecule has 1 aliphatic rings. The predicted molar refractivity (Wildman–Crippen MR) is 134 cm³/mol. The molecule has 0 bridgehead atoms. The molecule has 0 radical (unpaired) electrons. The van der Waals surface area contributed by atoms with Gasteiger partial charge in [-0.15, -0.1) is 0 Å². The Morgan fingerprint density at radius 2 is 1.79 bits per heavy atom. The number of hydrogen-bond acceptors (Lipinski definition) is 6. The molecule has 1 aliphatic heterocycles. The molecule has 2 aromatic carbocycles. The Labute approximate surface area is 208 Å². The zero-order chi connectivity index (χ0) is 24.1. The standard InChI is InChI=1S/C23H24Cl2FN5O2S/c24-17-6-5-16(21(11-17)31-9-3-1-2-4-10-31)14-29-20-13-19(26)22(12-18(20)25)34(32,33)30-23-15-27-7-8-28-23/h5-8,11-13,15,29H,1-4,9-10,14H2,(H,28,30). The fourth-order valence-corrected chi connectivity index (χ4v) is 5.44. The largest absolute Gasteiger partial charge is 0.380 e. The highest BCUT2D eigenvalue weighted by Gasteiger charge is 2.22. The van der Waals surface area contributed by atoms with Gasteiger partial charge in [0, 0.05) is 42.7 Å². The third-order valence-electron chi connectivity index (χ3n) is 5.58. The van der Waals surface area contributed by atoms with Gasteiger partial charge in [0.2, 0.25) is 0 Å². The number of aromatic nitrogens is 2. The van der Waals surface area contributed by atoms with Gasteiger partial charge in [-0.3, -0.25) is 9.71 Å². The van der Waals surface area contributed by atoms with Crippen LogP contribution >= 0.6 is 23.2 Å². The van der Waals surface area contributed by atoms with E-state index >= 15 is 0 Å². The normalized spacial score (nSPS) is 14.5. The summed E-state index contributed by atoms with van der Waals surface area (Å²) in [6.45, 7) is 2.27. The molecule has 0 spiro atoms. The van der Waals surface area contributed by atoms with Crippen molar-refractivity contribution in [3.63, 3.8) is 0 Å². The van der Waals surface area contributed by atoms with Crippen molar-refractivity contribution in [2.75, 3.05) is 28.0 Å². The molecule has 1 saturated heterocycles. The third-order valence-corrected chi connectivity index (χ3v) is 7.49. The Bertz CT molecular complexity index is 1250. The fourth-order valence-electron chi connectivity index (χ4n) is 3.90. The quantitative estimate of drug-likeness (QED) is 0.412. The molecule has 0 unspecified atom stereocenters. The highest BCUT2D eigenvalue weighted by Crippen LogP contribution is 2.32. The Morgan fingerprint density at radius 3 is 2.50 bits per heavy atom. The molecule has 11 heteroatoms. The zero-order valence-electron chi connectivity index (χ0n) is 18.3. The van der Waals surface area contributed by atoms with E-state index in [2.05, 4.69) is 24.9 Å². The van der Waals surface area contributed by atoms with E-state index in [1.54, 1.807) is 0 Å². The number of nitrogens with one attached hydrogen (secondary N) is 2. The number of sulfonamides is 1. The van der Waals surface area contributed by atoms with Crippen LogP contribution in [0.25, 0.3) is 0 Å². The van der Waals surface area contributed by atoms with Crippen molar-refractivity contribution in [2.45, 2.75) is 37.1 Å². The number of hydrogen-bond donors (Lipinski definition) is 2. The first-order valence-electron chi connectivity index (χ1n) is 10.9. The zero-order valence-corrected chi connectivity index (χ0v) is 20.6. The fraction of sp³-hybridized carbons (Fsp3) is 0.304. The van der Waals surface area contributed by atoms with E-state index in [-0.39, 0.29) is 16.5 Å². The van der Waals surface area contributed by atoms with Crippen molar-refractivity contribution in [1.82, 2.24) is 9.97 Å². The summed E-state index contributed by atoms with van der Waals surface area (Å²) in [5.41, 5.74) is 2.31. The van der Waals surface area contributed by atoms with Gasteiger partial charge in [0.25, 0.3) is 10.0 Å². The van der Waals surface area contributed by atoms with Crippen LogP contribution in [0.1, 0.15) is 31.2 Å². The van der Waals surface area contributed by atoms with Gasteiger partial charge in [0.1, 0.15) is 10.7 Å². The number of rotatable bonds is 7. The highest BCUT2D eigenvalue weighted by molar-refractivity contribution is 7.92. The lowest BCUT2D eigenvalue weighted by Gasteiger charge is -2.26. The molecular formula is C23H24Cl2FN5O2S. The number of anilines is 3. The molecule has 3 aromatic rings. The summed E-state index contributed by atoms with van der Waals surface area (Å²) in [5.74, 6) is -0.962. The summed E-state index contributed by atoms with van der Waals surface area (Å²) >= 11 is 12.6. The van der Waals surface area contributed by atoms with Crippen molar-refractivity contribution < 1.29 is 12.8 Å². The van der Waals surface area contributed by atoms with Gasteiger partial charge in [-0.05, 0) is 42.7 Å². The van der Waals surface area contributed by atoms with Gasteiger partial charge in [-0.2, -0.15) is 0 Å². The van der Waals surface area contributed by atoms with Gasteiger partial charge in [0.05, 0.1) is 16.9 Å². The lowest BCUT2D eigenvalue weighted by Crippen LogP contribution is -2.25. The van der Waals surface area contributed by atoms with E-state index in [9.17, 15) is 12.8 Å². The van der Waals surface area contributed by atoms with Crippen LogP contribution in [0.2, 0.25) is 10.0 Å². The molecule has 2 heterocycles. The first kappa shape index (κ1) is 24.5. The van der Waals surface area contributed by atoms with Gasteiger partial charge in [-0.25, -0.2) is 17.8 Å². The maximum Gasteiger partial charge on any atom is 0.266 e. The monoisotopic (exact) mass is 523 g/mol. The van der Waals surface area contributed by atoms with Crippen molar-refractivity contribution in [2.24, 2.45) is 0 Å². The molecule has 0 atom stereocenters. The second-order valence-corrected chi connectivity index (χ2v) is 10.5. The van der Waals surface area contributed by atoms with Crippen LogP contribution in [0.5, 0.6) is 0 Å². The Morgan fingerprint density at radius 1 is 1.03 bits per heavy atom. The summed E-state index contributed by atoms with van der Waals surface area (Å²) in [7, 11) is -4.24. The summed E-state index contributed by atoms with van der Waals surface area (Å²) in [5, 5.41) is 3.86. The second-order valence-electron chi connectivity index (χ2n) is 7.99. The topological polar surface area (TPSA) is 87.2 Å². The van der Waals surface area contributed by atoms with E-state index in [1.807, 2.05) is 18.2 Å². The summed E-state index contributed by atoms with van der Waals surface area (Å²) < 4.78 is 42.3. The number of halogens is 3. The molecule has 180 valence electrons. The molecule has 0 saturated carbocycles. The molecule has 4 rings (SSSR count). The van der Waals surface area contributed by atoms with Crippen molar-refractivity contribution in [3.8, 4) is 0 Å². The van der Waals surface area contributed by atoms with Crippen molar-refractivity contribution in [3.05, 3.63) is 70.3 Å². The lowest BCUT2D eigenvalue weighted by molar-refractivity contribution is 0.570. The van der Waals surface area contributed by atoms with Gasteiger partial charge >= 0.3 is 0 Å². The van der Waals surface area contributed by atoms with E-state index in [4.69, 9.17) is 23.2 Å². The minimum Gasteiger partial charge on any atom is -0.380 e. The van der Waals surface area contributed by atoms with Crippen LogP contribution < -0.4 is 14.9 Å². The molecule has 0 amide bonds. The minimum absolute atomic E-state index is 0.0241. The molecule has 1 fully saturated rings. The average Bonchev–Trinajstić information content (AvgIpc) is 3.10. The first-order valence-corrected chi connectivity index (χ1v) is 13.1. The molecule has 34 heavy (non-hydrogen) atoms. The average molecular weight is 524 g/mol. The third kappa shape index (κ3) is 5.89. The predicted octanol–water partition coefficient (Wildman–Crippen LogP) is 5.72. The molecular weight excluding hydrogens is 500 g/mol. The van der Waals surface area contributed by atoms with Crippen molar-refractivity contribution >= 4 is 50.4 Å². The smallest absolute Gasteiger partial charge is 0.266 e. The van der Waals surface area contributed by atoms with Gasteiger partial charge in [-0.1, -0.05) is 42.1 Å². The van der Waals surface area contributed by atoms with Crippen LogP contribution in [0.15, 0.2) is 53.8 Å².